The molecule has 8 nitrogen and oxygen atoms in total. The van der Waals surface area contributed by atoms with Crippen molar-refractivity contribution in [2.24, 2.45) is 0 Å². The molecular weight excluding hydrogens is 426 g/mol. The number of carboxylic acids is 1. The van der Waals surface area contributed by atoms with Gasteiger partial charge in [0.25, 0.3) is 0 Å². The summed E-state index contributed by atoms with van der Waals surface area (Å²) in [5, 5.41) is 19.4. The molecule has 2 aromatic rings. The Bertz CT molecular complexity index is 911. The molecule has 33 heavy (non-hydrogen) atoms. The fourth-order valence-electron chi connectivity index (χ4n) is 3.95. The van der Waals surface area contributed by atoms with E-state index in [9.17, 15) is 24.6 Å². The third-order valence-corrected chi connectivity index (χ3v) is 5.68. The Morgan fingerprint density at radius 1 is 0.848 bits per heavy atom. The number of carbonyl (C=O) groups excluding carboxylic acids is 2. The van der Waals surface area contributed by atoms with Gasteiger partial charge in [0, 0.05) is 6.04 Å². The molecule has 1 aliphatic rings. The normalized spacial score (nSPS) is 18.7. The molecule has 3 rings (SSSR count). The van der Waals surface area contributed by atoms with E-state index in [1.165, 1.54) is 4.90 Å². The van der Waals surface area contributed by atoms with Gasteiger partial charge in [-0.15, -0.1) is 0 Å². The molecule has 2 aromatic carbocycles. The summed E-state index contributed by atoms with van der Waals surface area (Å²) in [6, 6.07) is 16.3. The van der Waals surface area contributed by atoms with Crippen molar-refractivity contribution in [2.75, 3.05) is 0 Å². The van der Waals surface area contributed by atoms with E-state index < -0.39 is 42.6 Å². The summed E-state index contributed by atoms with van der Waals surface area (Å²) in [4.78, 5) is 38.9. The maximum absolute atomic E-state index is 13.1. The van der Waals surface area contributed by atoms with Crippen molar-refractivity contribution in [1.29, 1.82) is 0 Å². The van der Waals surface area contributed by atoms with Crippen LogP contribution in [0.1, 0.15) is 43.2 Å². The SMILES string of the molecule is O=C(O)C[C@@H](C(=O)OCc1ccccc1)N(C(=O)OCc1ccccc1)C1CCC(O)CC1. The minimum absolute atomic E-state index is 0.00955. The van der Waals surface area contributed by atoms with Crippen LogP contribution in [0.25, 0.3) is 0 Å². The first kappa shape index (κ1) is 24.3. The molecule has 8 heteroatoms. The van der Waals surface area contributed by atoms with Gasteiger partial charge < -0.3 is 19.7 Å². The summed E-state index contributed by atoms with van der Waals surface area (Å²) in [6.07, 6.45) is -0.0899. The predicted molar refractivity (Wildman–Crippen MR) is 119 cm³/mol. The van der Waals surface area contributed by atoms with Crippen LogP contribution in [0.4, 0.5) is 4.79 Å². The van der Waals surface area contributed by atoms with Gasteiger partial charge in [-0.1, -0.05) is 60.7 Å². The van der Waals surface area contributed by atoms with Gasteiger partial charge in [-0.05, 0) is 36.8 Å². The van der Waals surface area contributed by atoms with E-state index in [0.29, 0.717) is 25.7 Å². The van der Waals surface area contributed by atoms with E-state index in [1.807, 2.05) is 24.3 Å². The van der Waals surface area contributed by atoms with E-state index in [2.05, 4.69) is 0 Å². The number of aliphatic hydroxyl groups excluding tert-OH is 1. The van der Waals surface area contributed by atoms with Gasteiger partial charge in [0.05, 0.1) is 12.5 Å². The molecule has 0 radical (unpaired) electrons. The minimum Gasteiger partial charge on any atom is -0.481 e. The largest absolute Gasteiger partial charge is 0.481 e. The summed E-state index contributed by atoms with van der Waals surface area (Å²) in [5.74, 6) is -2.03. The Kier molecular flexibility index (Phi) is 8.83. The topological polar surface area (TPSA) is 113 Å². The van der Waals surface area contributed by atoms with E-state index in [0.717, 1.165) is 11.1 Å². The second-order valence-corrected chi connectivity index (χ2v) is 8.12. The van der Waals surface area contributed by atoms with Gasteiger partial charge in [-0.2, -0.15) is 0 Å². The standard InChI is InChI=1S/C25H29NO7/c27-21-13-11-20(12-14-21)26(25(31)33-17-19-9-5-2-6-10-19)22(15-23(28)29)24(30)32-16-18-7-3-1-4-8-18/h1-10,20-22,27H,11-17H2,(H,28,29)/t20?,21?,22-/m0/s1. The average Bonchev–Trinajstić information content (AvgIpc) is 2.83. The fourth-order valence-corrected chi connectivity index (χ4v) is 3.95. The molecule has 1 saturated carbocycles. The molecule has 0 heterocycles. The summed E-state index contributed by atoms with van der Waals surface area (Å²) in [6.45, 7) is -0.0452. The zero-order valence-electron chi connectivity index (χ0n) is 18.3. The number of aliphatic carboxylic acids is 1. The molecule has 1 atom stereocenters. The van der Waals surface area contributed by atoms with Crippen LogP contribution < -0.4 is 0 Å². The molecule has 1 amide bonds. The number of nitrogens with zero attached hydrogens (tertiary/aromatic N) is 1. The van der Waals surface area contributed by atoms with Crippen LogP contribution in [-0.2, 0) is 32.3 Å². The van der Waals surface area contributed by atoms with Gasteiger partial charge in [-0.3, -0.25) is 9.69 Å². The second kappa shape index (κ2) is 12.0. The zero-order valence-corrected chi connectivity index (χ0v) is 18.3. The number of hydrogen-bond donors (Lipinski definition) is 2. The van der Waals surface area contributed by atoms with E-state index in [4.69, 9.17) is 9.47 Å². The van der Waals surface area contributed by atoms with Crippen LogP contribution >= 0.6 is 0 Å². The molecule has 0 aromatic heterocycles. The smallest absolute Gasteiger partial charge is 0.411 e. The van der Waals surface area contributed by atoms with Crippen molar-refractivity contribution in [3.63, 3.8) is 0 Å². The highest BCUT2D eigenvalue weighted by atomic mass is 16.6. The molecule has 0 aliphatic heterocycles. The van der Waals surface area contributed by atoms with Crippen molar-refractivity contribution in [3.8, 4) is 0 Å². The van der Waals surface area contributed by atoms with Crippen molar-refractivity contribution in [2.45, 2.75) is 63.5 Å². The molecule has 176 valence electrons. The van der Waals surface area contributed by atoms with E-state index >= 15 is 0 Å². The first-order chi connectivity index (χ1) is 15.9. The van der Waals surface area contributed by atoms with Crippen LogP contribution in [-0.4, -0.2) is 51.3 Å². The Balaban J connectivity index is 1.78. The molecule has 1 fully saturated rings. The maximum atomic E-state index is 13.1. The van der Waals surface area contributed by atoms with Crippen LogP contribution in [0.3, 0.4) is 0 Å². The van der Waals surface area contributed by atoms with E-state index in [-0.39, 0.29) is 13.2 Å². The lowest BCUT2D eigenvalue weighted by Gasteiger charge is -2.38. The summed E-state index contributed by atoms with van der Waals surface area (Å²) < 4.78 is 10.9. The van der Waals surface area contributed by atoms with Crippen LogP contribution in [0.2, 0.25) is 0 Å². The van der Waals surface area contributed by atoms with Gasteiger partial charge in [0.15, 0.2) is 0 Å². The van der Waals surface area contributed by atoms with Crippen molar-refractivity contribution < 1.29 is 34.1 Å². The number of aliphatic hydroxyl groups is 1. The first-order valence-electron chi connectivity index (χ1n) is 11.0. The molecule has 0 saturated heterocycles. The van der Waals surface area contributed by atoms with Crippen LogP contribution in [0.5, 0.6) is 0 Å². The number of carbonyl (C=O) groups is 3. The molecule has 0 unspecified atom stereocenters. The summed E-state index contributed by atoms with van der Waals surface area (Å²) in [7, 11) is 0. The van der Waals surface area contributed by atoms with Gasteiger partial charge in [-0.25, -0.2) is 9.59 Å². The summed E-state index contributed by atoms with van der Waals surface area (Å²) in [5.41, 5.74) is 1.52. The lowest BCUT2D eigenvalue weighted by molar-refractivity contribution is -0.156. The summed E-state index contributed by atoms with van der Waals surface area (Å²) >= 11 is 0. The van der Waals surface area contributed by atoms with Gasteiger partial charge >= 0.3 is 18.0 Å². The number of amides is 1. The number of esters is 1. The van der Waals surface area contributed by atoms with Crippen molar-refractivity contribution >= 4 is 18.0 Å². The van der Waals surface area contributed by atoms with Gasteiger partial charge in [0.1, 0.15) is 19.3 Å². The number of carboxylic acid groups (broad SMARTS) is 1. The molecule has 0 spiro atoms. The van der Waals surface area contributed by atoms with Crippen LogP contribution in [0.15, 0.2) is 60.7 Å². The first-order valence-corrected chi connectivity index (χ1v) is 11.0. The third-order valence-electron chi connectivity index (χ3n) is 5.68. The minimum atomic E-state index is -1.34. The zero-order chi connectivity index (χ0) is 23.6. The fraction of sp³-hybridized carbons (Fsp3) is 0.400. The average molecular weight is 456 g/mol. The molecule has 0 bridgehead atoms. The molecular formula is C25H29NO7. The highest BCUT2D eigenvalue weighted by Gasteiger charge is 2.40. The maximum Gasteiger partial charge on any atom is 0.411 e. The third kappa shape index (κ3) is 7.32. The quantitative estimate of drug-likeness (QED) is 0.556. The second-order valence-electron chi connectivity index (χ2n) is 8.12. The predicted octanol–water partition coefficient (Wildman–Crippen LogP) is 3.52. The molecule has 1 aliphatic carbocycles. The van der Waals surface area contributed by atoms with Gasteiger partial charge in [0.2, 0.25) is 0 Å². The Labute approximate surface area is 192 Å². The molecule has 2 N–H and O–H groups in total. The Hall–Kier alpha value is -3.39. The monoisotopic (exact) mass is 455 g/mol. The van der Waals surface area contributed by atoms with Crippen molar-refractivity contribution in [3.05, 3.63) is 71.8 Å². The number of benzene rings is 2. The lowest BCUT2D eigenvalue weighted by Crippen LogP contribution is -2.53. The number of rotatable bonds is 9. The van der Waals surface area contributed by atoms with E-state index in [1.54, 1.807) is 36.4 Å². The Morgan fingerprint density at radius 2 is 1.36 bits per heavy atom. The number of ether oxygens (including phenoxy) is 2. The highest BCUT2D eigenvalue weighted by molar-refractivity contribution is 5.86. The van der Waals surface area contributed by atoms with Crippen molar-refractivity contribution in [1.82, 2.24) is 4.90 Å². The number of hydrogen-bond acceptors (Lipinski definition) is 6. The highest BCUT2D eigenvalue weighted by Crippen LogP contribution is 2.27. The Morgan fingerprint density at radius 3 is 1.88 bits per heavy atom. The lowest BCUT2D eigenvalue weighted by atomic mass is 9.91. The van der Waals surface area contributed by atoms with Crippen LogP contribution in [0, 0.1) is 0 Å².